The number of esters is 1. The molecule has 3 heterocycles. The van der Waals surface area contributed by atoms with Crippen molar-refractivity contribution in [3.8, 4) is 17.1 Å². The quantitative estimate of drug-likeness (QED) is 0.268. The largest absolute Gasteiger partial charge is 0.460 e. The predicted molar refractivity (Wildman–Crippen MR) is 154 cm³/mol. The summed E-state index contributed by atoms with van der Waals surface area (Å²) < 4.78 is 23.8. The van der Waals surface area contributed by atoms with Gasteiger partial charge in [0.1, 0.15) is 24.3 Å². The number of halogens is 1. The lowest BCUT2D eigenvalue weighted by Crippen LogP contribution is -2.29. The first-order valence-corrected chi connectivity index (χ1v) is 13.6. The van der Waals surface area contributed by atoms with E-state index in [1.165, 1.54) is 17.6 Å². The molecule has 0 bridgehead atoms. The van der Waals surface area contributed by atoms with Gasteiger partial charge in [-0.05, 0) is 60.4 Å². The topological polar surface area (TPSA) is 157 Å². The van der Waals surface area contributed by atoms with Crippen LogP contribution in [0.4, 0.5) is 10.3 Å². The van der Waals surface area contributed by atoms with E-state index in [4.69, 9.17) is 16.2 Å². The number of carbonyl (C=O) groups is 1. The highest BCUT2D eigenvalue weighted by atomic mass is 19.1. The number of nitrogens with two attached hydrogens (primary N) is 2. The first kappa shape index (κ1) is 27.2. The monoisotopic (exact) mass is 568 g/mol. The molecule has 1 saturated carbocycles. The summed E-state index contributed by atoms with van der Waals surface area (Å²) in [5.74, 6) is -0.229. The van der Waals surface area contributed by atoms with Crippen molar-refractivity contribution in [2.24, 2.45) is 12.8 Å². The third-order valence-corrected chi connectivity index (χ3v) is 7.23. The van der Waals surface area contributed by atoms with Crippen molar-refractivity contribution in [2.45, 2.75) is 44.8 Å². The molecule has 0 amide bonds. The number of ether oxygens (including phenoxy) is 1. The Hall–Kier alpha value is -4.97. The maximum atomic E-state index is 15.3. The molecule has 0 radical (unpaired) electrons. The van der Waals surface area contributed by atoms with Crippen LogP contribution in [-0.2, 0) is 29.6 Å². The van der Waals surface area contributed by atoms with Gasteiger partial charge in [0.2, 0.25) is 5.95 Å². The Morgan fingerprint density at radius 1 is 1.19 bits per heavy atom. The predicted octanol–water partition coefficient (Wildman–Crippen LogP) is 3.16. The average Bonchev–Trinajstić information content (AvgIpc) is 3.73. The molecule has 0 aliphatic heterocycles. The molecule has 42 heavy (non-hydrogen) atoms. The maximum Gasteiger partial charge on any atom is 0.322 e. The highest BCUT2D eigenvalue weighted by Gasteiger charge is 2.26. The standard InChI is InChI=1S/C30H29FN8O3/c1-16(32)29(41)42-15-22-21(27-35-25(36-30(33)37-27)10-17-13-34-38(2)14-17)4-3-5-24(22)39-9-8-19-11-20(18-6-7-18)12-23(31)26(19)28(39)40/h3-5,8-9,11-14,16,18H,6-7,10,15,32H2,1-2H3,(H2,33,35,36,37)/t16-/m0/s1. The normalized spacial score (nSPS) is 13.8. The number of nitrogens with zero attached hydrogens (tertiary/aromatic N) is 6. The van der Waals surface area contributed by atoms with E-state index in [2.05, 4.69) is 20.1 Å². The van der Waals surface area contributed by atoms with Crippen LogP contribution in [0.2, 0.25) is 0 Å². The van der Waals surface area contributed by atoms with E-state index >= 15 is 4.39 Å². The van der Waals surface area contributed by atoms with Crippen molar-refractivity contribution >= 4 is 22.7 Å². The maximum absolute atomic E-state index is 15.3. The van der Waals surface area contributed by atoms with Gasteiger partial charge in [-0.15, -0.1) is 0 Å². The fourth-order valence-electron chi connectivity index (χ4n) is 5.01. The van der Waals surface area contributed by atoms with E-state index in [-0.39, 0.29) is 23.8 Å². The minimum atomic E-state index is -0.863. The zero-order chi connectivity index (χ0) is 29.5. The molecule has 3 aromatic heterocycles. The minimum absolute atomic E-state index is 0.000714. The van der Waals surface area contributed by atoms with Gasteiger partial charge in [-0.3, -0.25) is 18.8 Å². The number of rotatable bonds is 8. The number of anilines is 1. The van der Waals surface area contributed by atoms with Gasteiger partial charge in [-0.25, -0.2) is 9.37 Å². The summed E-state index contributed by atoms with van der Waals surface area (Å²) in [6.07, 6.45) is 7.53. The Morgan fingerprint density at radius 2 is 2.00 bits per heavy atom. The lowest BCUT2D eigenvalue weighted by Gasteiger charge is -2.18. The third-order valence-electron chi connectivity index (χ3n) is 7.23. The lowest BCUT2D eigenvalue weighted by atomic mass is 10.0. The molecule has 12 heteroatoms. The summed E-state index contributed by atoms with van der Waals surface area (Å²) in [7, 11) is 1.81. The second-order valence-electron chi connectivity index (χ2n) is 10.6. The van der Waals surface area contributed by atoms with Gasteiger partial charge < -0.3 is 16.2 Å². The van der Waals surface area contributed by atoms with Crippen LogP contribution in [-0.4, -0.2) is 41.3 Å². The number of pyridine rings is 1. The molecule has 11 nitrogen and oxygen atoms in total. The molecule has 214 valence electrons. The molecule has 2 aromatic carbocycles. The number of hydrogen-bond acceptors (Lipinski definition) is 9. The second-order valence-corrected chi connectivity index (χ2v) is 10.6. The van der Waals surface area contributed by atoms with Gasteiger partial charge in [-0.2, -0.15) is 15.1 Å². The van der Waals surface area contributed by atoms with E-state index in [9.17, 15) is 9.59 Å². The van der Waals surface area contributed by atoms with Crippen molar-refractivity contribution in [3.63, 3.8) is 0 Å². The molecule has 0 saturated heterocycles. The highest BCUT2D eigenvalue weighted by molar-refractivity contribution is 5.84. The Balaban J connectivity index is 1.49. The molecule has 5 aromatic rings. The summed E-state index contributed by atoms with van der Waals surface area (Å²) in [5, 5.41) is 4.69. The summed E-state index contributed by atoms with van der Waals surface area (Å²) in [5.41, 5.74) is 14.3. The van der Waals surface area contributed by atoms with E-state index < -0.39 is 23.4 Å². The molecule has 1 aliphatic rings. The zero-order valence-corrected chi connectivity index (χ0v) is 23.1. The number of aryl methyl sites for hydroxylation is 1. The third kappa shape index (κ3) is 5.36. The number of benzene rings is 2. The number of nitrogen functional groups attached to an aromatic ring is 1. The van der Waals surface area contributed by atoms with E-state index in [0.29, 0.717) is 40.4 Å². The summed E-state index contributed by atoms with van der Waals surface area (Å²) in [6, 6.07) is 9.30. The van der Waals surface area contributed by atoms with Crippen LogP contribution in [0.25, 0.3) is 27.8 Å². The van der Waals surface area contributed by atoms with Crippen LogP contribution >= 0.6 is 0 Å². The van der Waals surface area contributed by atoms with Gasteiger partial charge in [0.15, 0.2) is 5.82 Å². The fraction of sp³-hybridized carbons (Fsp3) is 0.267. The fourth-order valence-corrected chi connectivity index (χ4v) is 5.01. The van der Waals surface area contributed by atoms with E-state index in [0.717, 1.165) is 24.0 Å². The number of fused-ring (bicyclic) bond motifs is 1. The molecule has 0 unspecified atom stereocenters. The number of hydrogen-bond donors (Lipinski definition) is 2. The van der Waals surface area contributed by atoms with Crippen LogP contribution in [0.15, 0.2) is 59.8 Å². The molecule has 1 aliphatic carbocycles. The summed E-state index contributed by atoms with van der Waals surface area (Å²) >= 11 is 0. The van der Waals surface area contributed by atoms with Crippen LogP contribution in [0, 0.1) is 5.82 Å². The molecule has 4 N–H and O–H groups in total. The lowest BCUT2D eigenvalue weighted by molar-refractivity contribution is -0.146. The first-order valence-electron chi connectivity index (χ1n) is 13.6. The van der Waals surface area contributed by atoms with Crippen molar-refractivity contribution in [3.05, 3.63) is 93.7 Å². The highest BCUT2D eigenvalue weighted by Crippen LogP contribution is 2.41. The van der Waals surface area contributed by atoms with Gasteiger partial charge >= 0.3 is 5.97 Å². The summed E-state index contributed by atoms with van der Waals surface area (Å²) in [6.45, 7) is 1.27. The van der Waals surface area contributed by atoms with E-state index in [1.807, 2.05) is 19.3 Å². The smallest absolute Gasteiger partial charge is 0.322 e. The van der Waals surface area contributed by atoms with Crippen molar-refractivity contribution in [1.29, 1.82) is 0 Å². The van der Waals surface area contributed by atoms with Crippen LogP contribution in [0.3, 0.4) is 0 Å². The molecular weight excluding hydrogens is 539 g/mol. The Bertz CT molecular complexity index is 1890. The Kier molecular flexibility index (Phi) is 6.99. The van der Waals surface area contributed by atoms with Crippen LogP contribution in [0.1, 0.15) is 48.2 Å². The van der Waals surface area contributed by atoms with Crippen molar-refractivity contribution in [2.75, 3.05) is 5.73 Å². The molecule has 0 spiro atoms. The molecule has 6 rings (SSSR count). The SMILES string of the molecule is C[C@H](N)C(=O)OCc1c(-c2nc(N)nc(Cc3cnn(C)c3)n2)cccc1-n1ccc2cc(C3CC3)cc(F)c2c1=O. The number of carbonyl (C=O) groups excluding carboxylic acids is 1. The van der Waals surface area contributed by atoms with Crippen LogP contribution < -0.4 is 17.0 Å². The molecule has 1 atom stereocenters. The van der Waals surface area contributed by atoms with Crippen molar-refractivity contribution < 1.29 is 13.9 Å². The average molecular weight is 569 g/mol. The van der Waals surface area contributed by atoms with Crippen LogP contribution in [0.5, 0.6) is 0 Å². The van der Waals surface area contributed by atoms with Gasteiger partial charge in [0.25, 0.3) is 5.56 Å². The Morgan fingerprint density at radius 3 is 2.71 bits per heavy atom. The summed E-state index contributed by atoms with van der Waals surface area (Å²) in [4.78, 5) is 39.4. The molecule has 1 fully saturated rings. The number of aromatic nitrogens is 6. The van der Waals surface area contributed by atoms with E-state index in [1.54, 1.807) is 41.3 Å². The second kappa shape index (κ2) is 10.8. The Labute approximate surface area is 240 Å². The van der Waals surface area contributed by atoms with Gasteiger partial charge in [0.05, 0.1) is 17.3 Å². The van der Waals surface area contributed by atoms with Crippen molar-refractivity contribution in [1.82, 2.24) is 29.3 Å². The zero-order valence-electron chi connectivity index (χ0n) is 23.1. The minimum Gasteiger partial charge on any atom is -0.460 e. The van der Waals surface area contributed by atoms with Gasteiger partial charge in [-0.1, -0.05) is 18.2 Å². The first-order chi connectivity index (χ1) is 20.2. The van der Waals surface area contributed by atoms with Gasteiger partial charge in [0, 0.05) is 37.0 Å². The molecular formula is C30H29FN8O3.